The first kappa shape index (κ1) is 13.0. The molecule has 2 rings (SSSR count). The van der Waals surface area contributed by atoms with E-state index in [4.69, 9.17) is 0 Å². The Labute approximate surface area is 105 Å². The molecule has 4 heteroatoms. The van der Waals surface area contributed by atoms with E-state index in [0.717, 1.165) is 0 Å². The minimum atomic E-state index is -1.17. The second-order valence-corrected chi connectivity index (χ2v) is 5.47. The van der Waals surface area contributed by atoms with Gasteiger partial charge in [0.2, 0.25) is 0 Å². The van der Waals surface area contributed by atoms with E-state index in [2.05, 4.69) is 0 Å². The Bertz CT molecular complexity index is 496. The molecule has 1 aromatic rings. The van der Waals surface area contributed by atoms with Gasteiger partial charge in [-0.15, -0.1) is 0 Å². The van der Waals surface area contributed by atoms with E-state index in [1.54, 1.807) is 19.9 Å². The fourth-order valence-electron chi connectivity index (χ4n) is 2.96. The van der Waals surface area contributed by atoms with Gasteiger partial charge in [-0.05, 0) is 50.3 Å². The highest BCUT2D eigenvalue weighted by molar-refractivity contribution is 5.82. The first-order valence-electron chi connectivity index (χ1n) is 6.00. The maximum Gasteiger partial charge on any atom is 0.314 e. The molecule has 0 spiro atoms. The molecular weight excluding hydrogens is 235 g/mol. The molecule has 0 amide bonds. The lowest BCUT2D eigenvalue weighted by Crippen LogP contribution is -2.36. The van der Waals surface area contributed by atoms with Crippen LogP contribution in [0.25, 0.3) is 0 Å². The van der Waals surface area contributed by atoms with E-state index in [9.17, 15) is 19.4 Å². The molecule has 2 N–H and O–H groups in total. The van der Waals surface area contributed by atoms with Crippen LogP contribution in [-0.2, 0) is 10.2 Å². The van der Waals surface area contributed by atoms with Crippen molar-refractivity contribution in [3.8, 4) is 0 Å². The normalized spacial score (nSPS) is 31.6. The van der Waals surface area contributed by atoms with Crippen molar-refractivity contribution in [1.82, 2.24) is 0 Å². The van der Waals surface area contributed by atoms with Crippen LogP contribution in [0.1, 0.15) is 37.3 Å². The molecule has 18 heavy (non-hydrogen) atoms. The largest absolute Gasteiger partial charge is 0.481 e. The van der Waals surface area contributed by atoms with Gasteiger partial charge in [-0.2, -0.15) is 0 Å². The Hall–Kier alpha value is -1.42. The Morgan fingerprint density at radius 2 is 2.06 bits per heavy atom. The van der Waals surface area contributed by atoms with Gasteiger partial charge in [-0.25, -0.2) is 4.39 Å². The number of hydrogen-bond donors (Lipinski definition) is 2. The van der Waals surface area contributed by atoms with E-state index >= 15 is 0 Å². The number of hydrogen-bond acceptors (Lipinski definition) is 2. The van der Waals surface area contributed by atoms with Gasteiger partial charge in [0.05, 0.1) is 11.0 Å². The SMILES string of the molecule is Cc1c(F)cccc1[C@]1(C(=O)O)CC[C@](C)(O)C1. The predicted octanol–water partition coefficient (Wildman–Crippen LogP) is 2.39. The summed E-state index contributed by atoms with van der Waals surface area (Å²) in [6, 6.07) is 4.49. The molecule has 0 saturated heterocycles. The Morgan fingerprint density at radius 1 is 1.39 bits per heavy atom. The van der Waals surface area contributed by atoms with Gasteiger partial charge in [-0.3, -0.25) is 4.79 Å². The fourth-order valence-corrected chi connectivity index (χ4v) is 2.96. The lowest BCUT2D eigenvalue weighted by molar-refractivity contribution is -0.144. The average Bonchev–Trinajstić information content (AvgIpc) is 2.60. The number of benzene rings is 1. The van der Waals surface area contributed by atoms with Gasteiger partial charge in [0.1, 0.15) is 5.82 Å². The molecule has 0 bridgehead atoms. The third-order valence-corrected chi connectivity index (χ3v) is 3.97. The third-order valence-electron chi connectivity index (χ3n) is 3.97. The molecule has 1 aliphatic carbocycles. The van der Waals surface area contributed by atoms with Gasteiger partial charge >= 0.3 is 5.97 Å². The van der Waals surface area contributed by atoms with Gasteiger partial charge in [0.25, 0.3) is 0 Å². The van der Waals surface area contributed by atoms with Crippen LogP contribution in [0.3, 0.4) is 0 Å². The zero-order chi connectivity index (χ0) is 13.6. The summed E-state index contributed by atoms with van der Waals surface area (Å²) in [5, 5.41) is 19.6. The molecule has 2 atom stereocenters. The zero-order valence-electron chi connectivity index (χ0n) is 10.5. The van der Waals surface area contributed by atoms with E-state index in [-0.39, 0.29) is 6.42 Å². The summed E-state index contributed by atoms with van der Waals surface area (Å²) in [7, 11) is 0. The number of halogens is 1. The molecule has 1 aliphatic rings. The van der Waals surface area contributed by atoms with Crippen molar-refractivity contribution in [2.75, 3.05) is 0 Å². The lowest BCUT2D eigenvalue weighted by atomic mass is 9.76. The maximum atomic E-state index is 13.6. The number of carbonyl (C=O) groups is 1. The molecule has 1 saturated carbocycles. The lowest BCUT2D eigenvalue weighted by Gasteiger charge is -2.28. The minimum absolute atomic E-state index is 0.125. The van der Waals surface area contributed by atoms with Gasteiger partial charge in [0, 0.05) is 0 Å². The second-order valence-electron chi connectivity index (χ2n) is 5.47. The first-order chi connectivity index (χ1) is 8.28. The van der Waals surface area contributed by atoms with Gasteiger partial charge < -0.3 is 10.2 Å². The maximum absolute atomic E-state index is 13.6. The molecule has 0 unspecified atom stereocenters. The smallest absolute Gasteiger partial charge is 0.314 e. The van der Waals surface area contributed by atoms with Crippen molar-refractivity contribution >= 4 is 5.97 Å². The van der Waals surface area contributed by atoms with E-state index in [0.29, 0.717) is 24.0 Å². The van der Waals surface area contributed by atoms with Crippen molar-refractivity contribution in [3.63, 3.8) is 0 Å². The number of carboxylic acids is 1. The van der Waals surface area contributed by atoms with Crippen molar-refractivity contribution in [1.29, 1.82) is 0 Å². The summed E-state index contributed by atoms with van der Waals surface area (Å²) in [6.07, 6.45) is 0.870. The fraction of sp³-hybridized carbons (Fsp3) is 0.500. The van der Waals surface area contributed by atoms with Crippen LogP contribution in [0.15, 0.2) is 18.2 Å². The second kappa shape index (κ2) is 4.05. The molecule has 98 valence electrons. The van der Waals surface area contributed by atoms with Crippen LogP contribution >= 0.6 is 0 Å². The third kappa shape index (κ3) is 1.90. The van der Waals surface area contributed by atoms with Crippen molar-refractivity contribution in [3.05, 3.63) is 35.1 Å². The highest BCUT2D eigenvalue weighted by Crippen LogP contribution is 2.47. The summed E-state index contributed by atoms with van der Waals surface area (Å²) >= 11 is 0. The zero-order valence-corrected chi connectivity index (χ0v) is 10.5. The van der Waals surface area contributed by atoms with Gasteiger partial charge in [0.15, 0.2) is 0 Å². The number of rotatable bonds is 2. The molecule has 0 aliphatic heterocycles. The predicted molar refractivity (Wildman–Crippen MR) is 64.9 cm³/mol. The Balaban J connectivity index is 2.57. The molecule has 0 aromatic heterocycles. The Kier molecular flexibility index (Phi) is 2.93. The Morgan fingerprint density at radius 3 is 2.56 bits per heavy atom. The number of aliphatic carboxylic acids is 1. The van der Waals surface area contributed by atoms with Crippen molar-refractivity contribution in [2.24, 2.45) is 0 Å². The van der Waals surface area contributed by atoms with E-state index in [1.165, 1.54) is 12.1 Å². The summed E-state index contributed by atoms with van der Waals surface area (Å²) < 4.78 is 13.6. The van der Waals surface area contributed by atoms with Gasteiger partial charge in [-0.1, -0.05) is 12.1 Å². The van der Waals surface area contributed by atoms with Crippen LogP contribution in [0.5, 0.6) is 0 Å². The molecule has 1 aromatic carbocycles. The number of aliphatic hydroxyl groups is 1. The summed E-state index contributed by atoms with van der Waals surface area (Å²) in [4.78, 5) is 11.6. The van der Waals surface area contributed by atoms with E-state index in [1.807, 2.05) is 0 Å². The van der Waals surface area contributed by atoms with Crippen molar-refractivity contribution in [2.45, 2.75) is 44.1 Å². The number of carboxylic acid groups (broad SMARTS) is 1. The average molecular weight is 252 g/mol. The quantitative estimate of drug-likeness (QED) is 0.849. The molecule has 3 nitrogen and oxygen atoms in total. The topological polar surface area (TPSA) is 57.5 Å². The summed E-state index contributed by atoms with van der Waals surface area (Å²) in [5.41, 5.74) is -1.34. The first-order valence-corrected chi connectivity index (χ1v) is 6.00. The van der Waals surface area contributed by atoms with E-state index < -0.39 is 22.8 Å². The highest BCUT2D eigenvalue weighted by atomic mass is 19.1. The highest BCUT2D eigenvalue weighted by Gasteiger charge is 2.51. The molecule has 0 radical (unpaired) electrons. The minimum Gasteiger partial charge on any atom is -0.481 e. The monoisotopic (exact) mass is 252 g/mol. The molecular formula is C14H17FO3. The molecule has 0 heterocycles. The van der Waals surface area contributed by atoms with Crippen LogP contribution < -0.4 is 0 Å². The molecule has 1 fully saturated rings. The summed E-state index contributed by atoms with van der Waals surface area (Å²) in [6.45, 7) is 3.22. The van der Waals surface area contributed by atoms with Crippen LogP contribution in [0, 0.1) is 12.7 Å². The van der Waals surface area contributed by atoms with Crippen molar-refractivity contribution < 1.29 is 19.4 Å². The van der Waals surface area contributed by atoms with Crippen LogP contribution in [0.2, 0.25) is 0 Å². The van der Waals surface area contributed by atoms with Crippen LogP contribution in [-0.4, -0.2) is 21.8 Å². The summed E-state index contributed by atoms with van der Waals surface area (Å²) in [5.74, 6) is -1.39. The van der Waals surface area contributed by atoms with Crippen LogP contribution in [0.4, 0.5) is 4.39 Å². The standard InChI is InChI=1S/C14H17FO3/c1-9-10(4-3-5-11(9)15)14(12(16)17)7-6-13(2,18)8-14/h3-5,18H,6-8H2,1-2H3,(H,16,17)/t13-,14-/m0/s1.